The molecule has 4 aliphatic heterocycles. The minimum absolute atomic E-state index is 0.106. The fraction of sp³-hybridized carbons (Fsp3) is 0.452. The molecule has 7 rings (SSSR count). The first kappa shape index (κ1) is 25.7. The van der Waals surface area contributed by atoms with E-state index in [-0.39, 0.29) is 24.2 Å². The number of carbonyl (C=O) groups excluding carboxylic acids is 4. The van der Waals surface area contributed by atoms with Crippen LogP contribution in [-0.2, 0) is 15.0 Å². The molecule has 4 heterocycles. The molecule has 5 aliphatic rings. The van der Waals surface area contributed by atoms with E-state index >= 15 is 0 Å². The zero-order chi connectivity index (χ0) is 28.5. The number of carbonyl (C=O) groups is 4. The number of hydrogen-bond donors (Lipinski definition) is 1. The van der Waals surface area contributed by atoms with Gasteiger partial charge in [0, 0.05) is 69.5 Å². The number of anilines is 2. The lowest BCUT2D eigenvalue weighted by Crippen LogP contribution is -2.66. The van der Waals surface area contributed by atoms with Crippen molar-refractivity contribution in [3.05, 3.63) is 59.2 Å². The van der Waals surface area contributed by atoms with Crippen molar-refractivity contribution in [3.8, 4) is 6.07 Å². The van der Waals surface area contributed by atoms with Crippen molar-refractivity contribution in [1.82, 2.24) is 15.1 Å². The molecule has 41 heavy (non-hydrogen) atoms. The van der Waals surface area contributed by atoms with E-state index in [2.05, 4.69) is 57.4 Å². The van der Waals surface area contributed by atoms with E-state index in [4.69, 9.17) is 0 Å². The van der Waals surface area contributed by atoms with Crippen LogP contribution >= 0.6 is 0 Å². The number of piperidine rings is 1. The first-order valence-electron chi connectivity index (χ1n) is 14.3. The van der Waals surface area contributed by atoms with Gasteiger partial charge in [0.15, 0.2) is 0 Å². The van der Waals surface area contributed by atoms with Crippen LogP contribution in [0.2, 0.25) is 0 Å². The third kappa shape index (κ3) is 4.27. The van der Waals surface area contributed by atoms with Gasteiger partial charge in [-0.3, -0.25) is 34.3 Å². The Morgan fingerprint density at radius 1 is 0.976 bits per heavy atom. The number of rotatable bonds is 7. The van der Waals surface area contributed by atoms with Crippen LogP contribution in [0.15, 0.2) is 42.5 Å². The third-order valence-corrected chi connectivity index (χ3v) is 9.51. The van der Waals surface area contributed by atoms with E-state index < -0.39 is 23.8 Å². The average molecular weight is 553 g/mol. The summed E-state index contributed by atoms with van der Waals surface area (Å²) < 4.78 is 0. The monoisotopic (exact) mass is 552 g/mol. The smallest absolute Gasteiger partial charge is 0.262 e. The molecule has 4 fully saturated rings. The Morgan fingerprint density at radius 3 is 2.34 bits per heavy atom. The van der Waals surface area contributed by atoms with E-state index in [0.717, 1.165) is 61.7 Å². The number of nitrogens with zero attached hydrogens (tertiary/aromatic N) is 5. The zero-order valence-electron chi connectivity index (χ0n) is 23.0. The summed E-state index contributed by atoms with van der Waals surface area (Å²) in [5.74, 6) is -1.33. The summed E-state index contributed by atoms with van der Waals surface area (Å²) in [5, 5.41) is 11.7. The first-order chi connectivity index (χ1) is 19.8. The number of benzene rings is 2. The fourth-order valence-electron chi connectivity index (χ4n) is 6.69. The number of hydrogen-bond acceptors (Lipinski definition) is 8. The largest absolute Gasteiger partial charge is 0.374 e. The Balaban J connectivity index is 0.910. The lowest BCUT2D eigenvalue weighted by molar-refractivity contribution is -0.136. The molecule has 2 aromatic rings. The summed E-state index contributed by atoms with van der Waals surface area (Å²) in [4.78, 5) is 57.9. The third-order valence-electron chi connectivity index (χ3n) is 9.51. The molecule has 0 aromatic heterocycles. The van der Waals surface area contributed by atoms with E-state index in [0.29, 0.717) is 23.1 Å². The second-order valence-electron chi connectivity index (χ2n) is 12.2. The molecule has 1 saturated carbocycles. The quantitative estimate of drug-likeness (QED) is 0.518. The van der Waals surface area contributed by atoms with E-state index in [1.807, 2.05) is 6.07 Å². The Morgan fingerprint density at radius 2 is 1.68 bits per heavy atom. The van der Waals surface area contributed by atoms with Crippen LogP contribution in [0.4, 0.5) is 11.4 Å². The van der Waals surface area contributed by atoms with Gasteiger partial charge >= 0.3 is 0 Å². The van der Waals surface area contributed by atoms with Crippen molar-refractivity contribution in [1.29, 1.82) is 5.26 Å². The van der Waals surface area contributed by atoms with Crippen LogP contribution < -0.4 is 15.1 Å². The molecule has 1 unspecified atom stereocenters. The normalized spacial score (nSPS) is 24.0. The summed E-state index contributed by atoms with van der Waals surface area (Å²) in [5.41, 5.74) is 3.59. The molecule has 0 bridgehead atoms. The predicted octanol–water partition coefficient (Wildman–Crippen LogP) is 1.90. The van der Waals surface area contributed by atoms with E-state index in [1.165, 1.54) is 5.69 Å². The lowest BCUT2D eigenvalue weighted by Gasteiger charge is -2.53. The molecular weight excluding hydrogens is 520 g/mol. The topological polar surface area (TPSA) is 117 Å². The second kappa shape index (κ2) is 9.42. The van der Waals surface area contributed by atoms with Crippen LogP contribution in [0.3, 0.4) is 0 Å². The molecule has 10 heteroatoms. The summed E-state index contributed by atoms with van der Waals surface area (Å²) >= 11 is 0. The van der Waals surface area contributed by atoms with Gasteiger partial charge in [-0.2, -0.15) is 5.26 Å². The summed E-state index contributed by atoms with van der Waals surface area (Å²) in [6, 6.07) is 15.8. The molecule has 0 radical (unpaired) electrons. The zero-order valence-corrected chi connectivity index (χ0v) is 23.0. The van der Waals surface area contributed by atoms with Crippen LogP contribution in [0.25, 0.3) is 0 Å². The van der Waals surface area contributed by atoms with Crippen molar-refractivity contribution < 1.29 is 19.2 Å². The van der Waals surface area contributed by atoms with Gasteiger partial charge in [0.25, 0.3) is 11.8 Å². The van der Waals surface area contributed by atoms with Gasteiger partial charge in [0.1, 0.15) is 6.04 Å². The highest BCUT2D eigenvalue weighted by Gasteiger charge is 2.46. The average Bonchev–Trinajstić information content (AvgIpc) is 3.69. The Labute approximate surface area is 238 Å². The van der Waals surface area contributed by atoms with Crippen LogP contribution in [0.5, 0.6) is 0 Å². The summed E-state index contributed by atoms with van der Waals surface area (Å²) in [6.45, 7) is 4.82. The molecule has 210 valence electrons. The molecule has 2 aromatic carbocycles. The summed E-state index contributed by atoms with van der Waals surface area (Å²) in [7, 11) is 2.13. The molecule has 3 saturated heterocycles. The van der Waals surface area contributed by atoms with Gasteiger partial charge < -0.3 is 9.80 Å². The Bertz CT molecular complexity index is 1500. The van der Waals surface area contributed by atoms with Crippen molar-refractivity contribution in [2.24, 2.45) is 5.92 Å². The minimum atomic E-state index is -0.951. The fourth-order valence-corrected chi connectivity index (χ4v) is 6.69. The van der Waals surface area contributed by atoms with Crippen LogP contribution in [-0.4, -0.2) is 85.3 Å². The number of likely N-dealkylation sites (tertiary alicyclic amines) is 1. The van der Waals surface area contributed by atoms with Crippen molar-refractivity contribution in [3.63, 3.8) is 0 Å². The highest BCUT2D eigenvalue weighted by molar-refractivity contribution is 6.23. The van der Waals surface area contributed by atoms with Crippen molar-refractivity contribution >= 4 is 35.0 Å². The predicted molar refractivity (Wildman–Crippen MR) is 150 cm³/mol. The number of fused-ring (bicyclic) bond motifs is 1. The van der Waals surface area contributed by atoms with Crippen molar-refractivity contribution in [2.45, 2.75) is 43.2 Å². The number of nitrogens with one attached hydrogen (secondary N) is 1. The summed E-state index contributed by atoms with van der Waals surface area (Å²) in [6.07, 6.45) is 2.18. The molecule has 1 N–H and O–H groups in total. The number of nitriles is 1. The van der Waals surface area contributed by atoms with Gasteiger partial charge in [-0.25, -0.2) is 0 Å². The van der Waals surface area contributed by atoms with Gasteiger partial charge in [-0.05, 0) is 55.2 Å². The van der Waals surface area contributed by atoms with Gasteiger partial charge in [0.2, 0.25) is 11.8 Å². The molecule has 10 nitrogen and oxygen atoms in total. The number of amides is 4. The van der Waals surface area contributed by atoms with Gasteiger partial charge in [-0.1, -0.05) is 12.1 Å². The first-order valence-corrected chi connectivity index (χ1v) is 14.3. The van der Waals surface area contributed by atoms with Gasteiger partial charge in [0.05, 0.1) is 22.6 Å². The Kier molecular flexibility index (Phi) is 5.91. The molecule has 0 spiro atoms. The maximum absolute atomic E-state index is 13.1. The molecule has 4 amide bonds. The van der Waals surface area contributed by atoms with E-state index in [9.17, 15) is 24.4 Å². The van der Waals surface area contributed by atoms with Crippen LogP contribution in [0.1, 0.15) is 52.0 Å². The SMILES string of the molecule is CN(CC1CN(C2CN(c3ccc4c(c3)C(=O)N(C3CCC(=O)NC3=O)C4=O)C2)C1)c1ccc(C2(C#N)CC2)cc1. The Hall–Kier alpha value is -4.23. The highest BCUT2D eigenvalue weighted by Crippen LogP contribution is 2.47. The second-order valence-corrected chi connectivity index (χ2v) is 12.2. The maximum atomic E-state index is 13.1. The highest BCUT2D eigenvalue weighted by atomic mass is 16.2. The standard InChI is InChI=1S/C31H32N6O4/c1-34(21-4-2-20(3-5-21)31(18-32)10-11-31)13-19-14-35(15-19)23-16-36(17-23)22-6-7-24-25(12-22)30(41)37(29(24)40)26-8-9-27(38)33-28(26)39/h2-7,12,19,23,26H,8-11,13-17H2,1H3,(H,33,38,39). The molecular formula is C31H32N6O4. The number of imide groups is 2. The van der Waals surface area contributed by atoms with E-state index in [1.54, 1.807) is 12.1 Å². The van der Waals surface area contributed by atoms with Crippen molar-refractivity contribution in [2.75, 3.05) is 49.6 Å². The lowest BCUT2D eigenvalue weighted by atomic mass is 9.93. The molecule has 1 atom stereocenters. The van der Waals surface area contributed by atoms with Crippen LogP contribution in [0, 0.1) is 17.2 Å². The maximum Gasteiger partial charge on any atom is 0.262 e. The molecule has 1 aliphatic carbocycles. The van der Waals surface area contributed by atoms with Gasteiger partial charge in [-0.15, -0.1) is 0 Å². The minimum Gasteiger partial charge on any atom is -0.374 e.